The minimum Gasteiger partial charge on any atom is -0.477 e. The van der Waals surface area contributed by atoms with Crippen LogP contribution in [-0.4, -0.2) is 40.3 Å². The Labute approximate surface area is 122 Å². The normalized spacial score (nSPS) is 11.9. The monoisotopic (exact) mass is 319 g/mol. The zero-order chi connectivity index (χ0) is 15.8. The van der Waals surface area contributed by atoms with Gasteiger partial charge in [-0.1, -0.05) is 0 Å². The fourth-order valence-corrected chi connectivity index (χ4v) is 3.03. The summed E-state index contributed by atoms with van der Waals surface area (Å²) in [6.45, 7) is 2.09. The smallest absolute Gasteiger partial charge is 0.405 e. The second-order valence-electron chi connectivity index (χ2n) is 4.37. The van der Waals surface area contributed by atoms with E-state index in [1.54, 1.807) is 13.8 Å². The second-order valence-corrected chi connectivity index (χ2v) is 5.37. The van der Waals surface area contributed by atoms with Gasteiger partial charge in [-0.2, -0.15) is 13.2 Å². The molecule has 2 heterocycles. The van der Waals surface area contributed by atoms with Crippen LogP contribution < -0.4 is 4.90 Å². The number of alkyl halides is 3. The van der Waals surface area contributed by atoms with E-state index in [9.17, 15) is 18.0 Å². The Morgan fingerprint density at radius 2 is 2.10 bits per heavy atom. The summed E-state index contributed by atoms with van der Waals surface area (Å²) in [5.74, 6) is -1.01. The molecule has 0 radical (unpaired) electrons. The van der Waals surface area contributed by atoms with Gasteiger partial charge in [0.15, 0.2) is 0 Å². The molecule has 0 unspecified atom stereocenters. The molecule has 2 rings (SSSR count). The van der Waals surface area contributed by atoms with E-state index in [1.807, 2.05) is 0 Å². The summed E-state index contributed by atoms with van der Waals surface area (Å²) in [6, 6.07) is 0. The van der Waals surface area contributed by atoms with Gasteiger partial charge in [0.2, 0.25) is 0 Å². The maximum absolute atomic E-state index is 12.6. The highest BCUT2D eigenvalue weighted by molar-refractivity contribution is 7.20. The summed E-state index contributed by atoms with van der Waals surface area (Å²) in [6.07, 6.45) is -3.22. The number of hydrogen-bond donors (Lipinski definition) is 1. The van der Waals surface area contributed by atoms with Gasteiger partial charge in [0, 0.05) is 6.54 Å². The molecule has 2 aromatic rings. The molecule has 21 heavy (non-hydrogen) atoms. The number of aromatic nitrogens is 2. The number of fused-ring (bicyclic) bond motifs is 1. The Kier molecular flexibility index (Phi) is 4.04. The molecule has 2 aromatic heterocycles. The van der Waals surface area contributed by atoms with Crippen molar-refractivity contribution < 1.29 is 23.1 Å². The molecule has 0 amide bonds. The van der Waals surface area contributed by atoms with Crippen LogP contribution in [0.25, 0.3) is 10.2 Å². The zero-order valence-corrected chi connectivity index (χ0v) is 12.0. The largest absolute Gasteiger partial charge is 0.477 e. The third-order valence-electron chi connectivity index (χ3n) is 2.95. The van der Waals surface area contributed by atoms with Gasteiger partial charge in [0.1, 0.15) is 28.4 Å². The lowest BCUT2D eigenvalue weighted by atomic mass is 10.2. The van der Waals surface area contributed by atoms with Gasteiger partial charge in [-0.05, 0) is 19.4 Å². The van der Waals surface area contributed by atoms with Crippen molar-refractivity contribution in [2.45, 2.75) is 20.0 Å². The van der Waals surface area contributed by atoms with Gasteiger partial charge >= 0.3 is 12.1 Å². The molecule has 0 bridgehead atoms. The van der Waals surface area contributed by atoms with Gasteiger partial charge in [-0.15, -0.1) is 11.3 Å². The Morgan fingerprint density at radius 3 is 2.62 bits per heavy atom. The Morgan fingerprint density at radius 1 is 1.43 bits per heavy atom. The summed E-state index contributed by atoms with van der Waals surface area (Å²) >= 11 is 0.933. The SMILES string of the molecule is CCN(CC(F)(F)F)c1ncnc2sc(C(=O)O)c(C)c12. The van der Waals surface area contributed by atoms with Crippen LogP contribution in [0.4, 0.5) is 19.0 Å². The average Bonchev–Trinajstić information content (AvgIpc) is 2.73. The number of carboxylic acid groups (broad SMARTS) is 1. The van der Waals surface area contributed by atoms with Crippen molar-refractivity contribution in [1.82, 2.24) is 9.97 Å². The molecule has 0 atom stereocenters. The highest BCUT2D eigenvalue weighted by Gasteiger charge is 2.32. The summed E-state index contributed by atoms with van der Waals surface area (Å²) in [5.41, 5.74) is 0.388. The molecule has 1 N–H and O–H groups in total. The highest BCUT2D eigenvalue weighted by atomic mass is 32.1. The lowest BCUT2D eigenvalue weighted by molar-refractivity contribution is -0.119. The van der Waals surface area contributed by atoms with Crippen molar-refractivity contribution in [2.75, 3.05) is 18.0 Å². The first-order valence-electron chi connectivity index (χ1n) is 6.03. The molecule has 0 aliphatic carbocycles. The van der Waals surface area contributed by atoms with E-state index in [-0.39, 0.29) is 17.2 Å². The molecule has 9 heteroatoms. The van der Waals surface area contributed by atoms with Crippen molar-refractivity contribution in [2.24, 2.45) is 0 Å². The maximum Gasteiger partial charge on any atom is 0.405 e. The molecule has 0 aliphatic rings. The van der Waals surface area contributed by atoms with Crippen LogP contribution in [0, 0.1) is 6.92 Å². The van der Waals surface area contributed by atoms with E-state index < -0.39 is 18.7 Å². The number of anilines is 1. The molecule has 0 fully saturated rings. The molecule has 0 spiro atoms. The van der Waals surface area contributed by atoms with E-state index in [0.717, 1.165) is 22.6 Å². The molecule has 0 aliphatic heterocycles. The maximum atomic E-state index is 12.6. The number of aromatic carboxylic acids is 1. The van der Waals surface area contributed by atoms with Gasteiger partial charge in [-0.3, -0.25) is 0 Å². The van der Waals surface area contributed by atoms with E-state index in [2.05, 4.69) is 9.97 Å². The Hall–Kier alpha value is -1.90. The lowest BCUT2D eigenvalue weighted by Gasteiger charge is -2.23. The summed E-state index contributed by atoms with van der Waals surface area (Å²) in [7, 11) is 0. The third-order valence-corrected chi connectivity index (χ3v) is 4.14. The van der Waals surface area contributed by atoms with Gasteiger partial charge < -0.3 is 10.0 Å². The number of aryl methyl sites for hydroxylation is 1. The van der Waals surface area contributed by atoms with Crippen molar-refractivity contribution in [3.8, 4) is 0 Å². The van der Waals surface area contributed by atoms with Crippen LogP contribution in [0.1, 0.15) is 22.2 Å². The molecular formula is C12H12F3N3O2S. The van der Waals surface area contributed by atoms with Gasteiger partial charge in [0.25, 0.3) is 0 Å². The van der Waals surface area contributed by atoms with Gasteiger partial charge in [0.05, 0.1) is 5.39 Å². The van der Waals surface area contributed by atoms with E-state index in [4.69, 9.17) is 5.11 Å². The number of hydrogen-bond acceptors (Lipinski definition) is 5. The summed E-state index contributed by atoms with van der Waals surface area (Å²) < 4.78 is 37.9. The van der Waals surface area contributed by atoms with E-state index in [1.165, 1.54) is 0 Å². The highest BCUT2D eigenvalue weighted by Crippen LogP contribution is 2.35. The second kappa shape index (κ2) is 5.47. The average molecular weight is 319 g/mol. The van der Waals surface area contributed by atoms with Crippen molar-refractivity contribution in [1.29, 1.82) is 0 Å². The van der Waals surface area contributed by atoms with Crippen LogP contribution in [0.5, 0.6) is 0 Å². The molecule has 0 saturated carbocycles. The van der Waals surface area contributed by atoms with Gasteiger partial charge in [-0.25, -0.2) is 14.8 Å². The standard InChI is InChI=1S/C12H12F3N3O2S/c1-3-18(4-12(13,14)15)9-7-6(2)8(11(19)20)21-10(7)17-5-16-9/h5H,3-4H2,1-2H3,(H,19,20). The zero-order valence-electron chi connectivity index (χ0n) is 11.2. The summed E-state index contributed by atoms with van der Waals surface area (Å²) in [4.78, 5) is 20.5. The van der Waals surface area contributed by atoms with Crippen molar-refractivity contribution in [3.63, 3.8) is 0 Å². The quantitative estimate of drug-likeness (QED) is 0.938. The fourth-order valence-electron chi connectivity index (χ4n) is 2.05. The first-order valence-corrected chi connectivity index (χ1v) is 6.85. The summed E-state index contributed by atoms with van der Waals surface area (Å²) in [5, 5.41) is 9.48. The first-order chi connectivity index (χ1) is 9.74. The number of nitrogens with zero attached hydrogens (tertiary/aromatic N) is 3. The molecule has 0 saturated heterocycles. The number of rotatable bonds is 4. The first kappa shape index (κ1) is 15.5. The number of halogens is 3. The van der Waals surface area contributed by atoms with E-state index >= 15 is 0 Å². The van der Waals surface area contributed by atoms with E-state index in [0.29, 0.717) is 15.8 Å². The predicted octanol–water partition coefficient (Wildman–Crippen LogP) is 3.09. The van der Waals surface area contributed by atoms with Crippen LogP contribution in [0.3, 0.4) is 0 Å². The van der Waals surface area contributed by atoms with Crippen molar-refractivity contribution >= 4 is 33.3 Å². The van der Waals surface area contributed by atoms with Crippen LogP contribution in [0.2, 0.25) is 0 Å². The Balaban J connectivity index is 2.60. The predicted molar refractivity (Wildman–Crippen MR) is 73.1 cm³/mol. The molecular weight excluding hydrogens is 307 g/mol. The minimum atomic E-state index is -4.37. The third kappa shape index (κ3) is 3.07. The fraction of sp³-hybridized carbons (Fsp3) is 0.417. The molecule has 0 aromatic carbocycles. The number of carbonyl (C=O) groups is 1. The van der Waals surface area contributed by atoms with Crippen LogP contribution >= 0.6 is 11.3 Å². The molecule has 114 valence electrons. The minimum absolute atomic E-state index is 0.0646. The number of carboxylic acids is 1. The Bertz CT molecular complexity index is 684. The van der Waals surface area contributed by atoms with Crippen LogP contribution in [-0.2, 0) is 0 Å². The van der Waals surface area contributed by atoms with Crippen LogP contribution in [0.15, 0.2) is 6.33 Å². The lowest BCUT2D eigenvalue weighted by Crippen LogP contribution is -2.34. The molecule has 5 nitrogen and oxygen atoms in total. The van der Waals surface area contributed by atoms with Crippen molar-refractivity contribution in [3.05, 3.63) is 16.8 Å². The topological polar surface area (TPSA) is 66.3 Å². The number of thiophene rings is 1.